The molecule has 0 aliphatic heterocycles. The molecule has 0 bridgehead atoms. The monoisotopic (exact) mass is 243 g/mol. The number of hydrogen-bond acceptors (Lipinski definition) is 2. The molecule has 1 aliphatic rings. The number of alkyl halides is 3. The van der Waals surface area contributed by atoms with Gasteiger partial charge in [0.2, 0.25) is 0 Å². The lowest BCUT2D eigenvalue weighted by Crippen LogP contribution is -2.13. The molecule has 0 saturated heterocycles. The van der Waals surface area contributed by atoms with Crippen LogP contribution in [0, 0.1) is 0 Å². The summed E-state index contributed by atoms with van der Waals surface area (Å²) >= 11 is 0. The number of aliphatic hydroxyl groups is 1. The number of halogens is 3. The van der Waals surface area contributed by atoms with Crippen LogP contribution in [-0.4, -0.2) is 16.2 Å². The largest absolute Gasteiger partial charge is 0.417 e. The minimum absolute atomic E-state index is 0.0822. The zero-order valence-corrected chi connectivity index (χ0v) is 9.04. The van der Waals surface area contributed by atoms with Gasteiger partial charge in [0.1, 0.15) is 0 Å². The molecule has 2 nitrogen and oxygen atoms in total. The lowest BCUT2D eigenvalue weighted by Gasteiger charge is -2.20. The average molecular weight is 243 g/mol. The fourth-order valence-corrected chi connectivity index (χ4v) is 2.02. The van der Waals surface area contributed by atoms with E-state index < -0.39 is 17.8 Å². The molecule has 1 aromatic heterocycles. The Balaban J connectivity index is 2.45. The van der Waals surface area contributed by atoms with E-state index in [1.54, 1.807) is 0 Å². The van der Waals surface area contributed by atoms with Gasteiger partial charge in [0.25, 0.3) is 0 Å². The first-order valence-electron chi connectivity index (χ1n) is 5.39. The van der Waals surface area contributed by atoms with Gasteiger partial charge in [0.15, 0.2) is 0 Å². The number of nitrogens with zero attached hydrogens (tertiary/aromatic N) is 1. The van der Waals surface area contributed by atoms with Gasteiger partial charge in [-0.05, 0) is 30.9 Å². The minimum Gasteiger partial charge on any atom is -0.389 e. The van der Waals surface area contributed by atoms with E-state index in [1.807, 2.05) is 0 Å². The van der Waals surface area contributed by atoms with Crippen molar-refractivity contribution in [2.45, 2.75) is 31.5 Å². The molecular weight excluding hydrogens is 231 g/mol. The van der Waals surface area contributed by atoms with Gasteiger partial charge >= 0.3 is 6.18 Å². The molecule has 0 aromatic carbocycles. The van der Waals surface area contributed by atoms with Crippen molar-refractivity contribution in [3.63, 3.8) is 0 Å². The fourth-order valence-electron chi connectivity index (χ4n) is 2.02. The summed E-state index contributed by atoms with van der Waals surface area (Å²) in [6, 6.07) is 0.969. The molecule has 92 valence electrons. The zero-order chi connectivity index (χ0) is 12.5. The summed E-state index contributed by atoms with van der Waals surface area (Å²) in [6.45, 7) is 0. The summed E-state index contributed by atoms with van der Waals surface area (Å²) in [5, 5.41) is 9.46. The SMILES string of the molecule is OC1C=C(c2cnccc2C(F)(F)F)CCC1. The lowest BCUT2D eigenvalue weighted by molar-refractivity contribution is -0.137. The van der Waals surface area contributed by atoms with E-state index in [0.29, 0.717) is 24.8 Å². The molecular formula is C12H12F3NO. The van der Waals surface area contributed by atoms with E-state index in [-0.39, 0.29) is 5.56 Å². The third-order valence-corrected chi connectivity index (χ3v) is 2.81. The maximum atomic E-state index is 12.8. The minimum atomic E-state index is -4.39. The summed E-state index contributed by atoms with van der Waals surface area (Å²) < 4.78 is 38.3. The van der Waals surface area contributed by atoms with Crippen LogP contribution in [0.3, 0.4) is 0 Å². The van der Waals surface area contributed by atoms with Crippen LogP contribution < -0.4 is 0 Å². The molecule has 5 heteroatoms. The summed E-state index contributed by atoms with van der Waals surface area (Å²) in [5.74, 6) is 0. The van der Waals surface area contributed by atoms with Crippen LogP contribution in [0.15, 0.2) is 24.5 Å². The number of hydrogen-bond donors (Lipinski definition) is 1. The third kappa shape index (κ3) is 2.66. The molecule has 0 saturated carbocycles. The van der Waals surface area contributed by atoms with Gasteiger partial charge in [-0.2, -0.15) is 13.2 Å². The van der Waals surface area contributed by atoms with Crippen molar-refractivity contribution in [3.05, 3.63) is 35.7 Å². The van der Waals surface area contributed by atoms with Gasteiger partial charge in [-0.1, -0.05) is 6.08 Å². The quantitative estimate of drug-likeness (QED) is 0.822. The standard InChI is InChI=1S/C12H12F3NO/c13-12(14,15)11-4-5-16-7-10(11)8-2-1-3-9(17)6-8/h4-7,9,17H,1-3H2. The third-order valence-electron chi connectivity index (χ3n) is 2.81. The van der Waals surface area contributed by atoms with E-state index in [9.17, 15) is 18.3 Å². The molecule has 1 N–H and O–H groups in total. The van der Waals surface area contributed by atoms with Gasteiger partial charge < -0.3 is 5.11 Å². The van der Waals surface area contributed by atoms with Gasteiger partial charge in [-0.25, -0.2) is 0 Å². The molecule has 1 aromatic rings. The Hall–Kier alpha value is -1.36. The summed E-state index contributed by atoms with van der Waals surface area (Å²) in [5.41, 5.74) is -0.0734. The van der Waals surface area contributed by atoms with Crippen molar-refractivity contribution >= 4 is 5.57 Å². The van der Waals surface area contributed by atoms with Gasteiger partial charge in [0.05, 0.1) is 11.7 Å². The molecule has 1 heterocycles. The molecule has 0 amide bonds. The van der Waals surface area contributed by atoms with Crippen LogP contribution >= 0.6 is 0 Å². The van der Waals surface area contributed by atoms with Crippen molar-refractivity contribution < 1.29 is 18.3 Å². The molecule has 1 atom stereocenters. The van der Waals surface area contributed by atoms with Crippen LogP contribution in [0.2, 0.25) is 0 Å². The van der Waals surface area contributed by atoms with Gasteiger partial charge in [0, 0.05) is 18.0 Å². The van der Waals surface area contributed by atoms with Crippen LogP contribution in [0.4, 0.5) is 13.2 Å². The molecule has 0 spiro atoms. The van der Waals surface area contributed by atoms with E-state index in [2.05, 4.69) is 4.98 Å². The Labute approximate surface area is 96.8 Å². The summed E-state index contributed by atoms with van der Waals surface area (Å²) in [4.78, 5) is 3.74. The van der Waals surface area contributed by atoms with Gasteiger partial charge in [-0.15, -0.1) is 0 Å². The Morgan fingerprint density at radius 3 is 2.76 bits per heavy atom. The maximum absolute atomic E-state index is 12.8. The second kappa shape index (κ2) is 4.49. The Morgan fingerprint density at radius 1 is 1.35 bits per heavy atom. The molecule has 0 radical (unpaired) electrons. The zero-order valence-electron chi connectivity index (χ0n) is 9.04. The lowest BCUT2D eigenvalue weighted by atomic mass is 9.90. The number of allylic oxidation sites excluding steroid dienone is 1. The Morgan fingerprint density at radius 2 is 2.12 bits per heavy atom. The highest BCUT2D eigenvalue weighted by Crippen LogP contribution is 2.37. The first kappa shape index (κ1) is 12.1. The topological polar surface area (TPSA) is 33.1 Å². The van der Waals surface area contributed by atoms with E-state index in [4.69, 9.17) is 0 Å². The Kier molecular flexibility index (Phi) is 3.19. The molecule has 17 heavy (non-hydrogen) atoms. The van der Waals surface area contributed by atoms with Crippen molar-refractivity contribution in [1.29, 1.82) is 0 Å². The van der Waals surface area contributed by atoms with Crippen molar-refractivity contribution in [2.24, 2.45) is 0 Å². The van der Waals surface area contributed by atoms with Crippen molar-refractivity contribution in [1.82, 2.24) is 4.98 Å². The molecule has 1 aliphatic carbocycles. The number of aliphatic hydroxyl groups excluding tert-OH is 1. The Bertz CT molecular complexity index is 440. The van der Waals surface area contributed by atoms with Crippen LogP contribution in [0.5, 0.6) is 0 Å². The maximum Gasteiger partial charge on any atom is 0.417 e. The second-order valence-electron chi connectivity index (χ2n) is 4.07. The molecule has 2 rings (SSSR count). The summed E-state index contributed by atoms with van der Waals surface area (Å²) in [6.07, 6.45) is 0.645. The number of aromatic nitrogens is 1. The van der Waals surface area contributed by atoms with Crippen molar-refractivity contribution in [3.8, 4) is 0 Å². The first-order chi connectivity index (χ1) is 7.98. The smallest absolute Gasteiger partial charge is 0.389 e. The number of rotatable bonds is 1. The fraction of sp³-hybridized carbons (Fsp3) is 0.417. The highest BCUT2D eigenvalue weighted by molar-refractivity contribution is 5.69. The summed E-state index contributed by atoms with van der Waals surface area (Å²) in [7, 11) is 0. The molecule has 0 fully saturated rings. The van der Waals surface area contributed by atoms with Crippen LogP contribution in [-0.2, 0) is 6.18 Å². The predicted molar refractivity (Wildman–Crippen MR) is 57.1 cm³/mol. The highest BCUT2D eigenvalue weighted by Gasteiger charge is 2.34. The van der Waals surface area contributed by atoms with E-state index in [1.165, 1.54) is 12.3 Å². The first-order valence-corrected chi connectivity index (χ1v) is 5.39. The van der Waals surface area contributed by atoms with E-state index in [0.717, 1.165) is 12.3 Å². The highest BCUT2D eigenvalue weighted by atomic mass is 19.4. The van der Waals surface area contributed by atoms with Crippen LogP contribution in [0.1, 0.15) is 30.4 Å². The van der Waals surface area contributed by atoms with Crippen LogP contribution in [0.25, 0.3) is 5.57 Å². The normalized spacial score (nSPS) is 21.2. The average Bonchev–Trinajstić information content (AvgIpc) is 2.28. The molecule has 1 unspecified atom stereocenters. The van der Waals surface area contributed by atoms with Crippen molar-refractivity contribution in [2.75, 3.05) is 0 Å². The second-order valence-corrected chi connectivity index (χ2v) is 4.07. The van der Waals surface area contributed by atoms with E-state index >= 15 is 0 Å². The number of pyridine rings is 1. The predicted octanol–water partition coefficient (Wildman–Crippen LogP) is 3.03. The van der Waals surface area contributed by atoms with Gasteiger partial charge in [-0.3, -0.25) is 4.98 Å².